The third-order valence-corrected chi connectivity index (χ3v) is 14.0. The molecule has 2 aromatic heterocycles. The van der Waals surface area contributed by atoms with E-state index < -0.39 is 5.41 Å². The minimum atomic E-state index is -0.835. The van der Waals surface area contributed by atoms with E-state index in [1.165, 1.54) is 5.56 Å². The lowest BCUT2D eigenvalue weighted by Gasteiger charge is -2.36. The Labute approximate surface area is 389 Å². The number of hydrogen-bond donors (Lipinski definition) is 0. The summed E-state index contributed by atoms with van der Waals surface area (Å²) in [6.45, 7) is 4.39. The molecule has 4 nitrogen and oxygen atoms in total. The fourth-order valence-corrected chi connectivity index (χ4v) is 11.1. The first-order valence-electron chi connectivity index (χ1n) is 23.0. The van der Waals surface area contributed by atoms with E-state index in [-0.39, 0.29) is 0 Å². The maximum Gasteiger partial charge on any atom is 0.160 e. The molecule has 0 unspecified atom stereocenters. The quantitative estimate of drug-likeness (QED) is 0.152. The third-order valence-electron chi connectivity index (χ3n) is 14.0. The van der Waals surface area contributed by atoms with Crippen LogP contribution in [0, 0.1) is 13.8 Å². The molecule has 318 valence electrons. The fourth-order valence-electron chi connectivity index (χ4n) is 11.1. The zero-order valence-electron chi connectivity index (χ0n) is 37.2. The van der Waals surface area contributed by atoms with Gasteiger partial charge in [-0.25, -0.2) is 0 Å². The summed E-state index contributed by atoms with van der Waals surface area (Å²) in [5.41, 5.74) is 17.9. The Morgan fingerprint density at radius 2 is 0.746 bits per heavy atom. The van der Waals surface area contributed by atoms with Crippen molar-refractivity contribution in [3.63, 3.8) is 0 Å². The number of benzene rings is 10. The molecule has 13 rings (SSSR count). The van der Waals surface area contributed by atoms with Gasteiger partial charge in [0.05, 0.1) is 22.2 Å². The summed E-state index contributed by atoms with van der Waals surface area (Å²) >= 11 is 0. The number of nitrogens with zero attached hydrogens (tertiary/aromatic N) is 2. The molecule has 1 aliphatic rings. The van der Waals surface area contributed by atoms with E-state index in [2.05, 4.69) is 254 Å². The smallest absolute Gasteiger partial charge is 0.160 e. The highest BCUT2D eigenvalue weighted by Crippen LogP contribution is 2.64. The van der Waals surface area contributed by atoms with E-state index in [1.54, 1.807) is 0 Å². The first-order valence-corrected chi connectivity index (χ1v) is 23.0. The van der Waals surface area contributed by atoms with Gasteiger partial charge < -0.3 is 18.6 Å². The van der Waals surface area contributed by atoms with Crippen molar-refractivity contribution < 1.29 is 8.83 Å². The predicted molar refractivity (Wildman–Crippen MR) is 277 cm³/mol. The van der Waals surface area contributed by atoms with E-state index in [9.17, 15) is 0 Å². The Bertz CT molecular complexity index is 3800. The van der Waals surface area contributed by atoms with Gasteiger partial charge >= 0.3 is 0 Å². The number of rotatable bonds is 8. The minimum Gasteiger partial charge on any atom is -0.455 e. The molecular formula is C63H44N2O2. The number of hydrogen-bond acceptors (Lipinski definition) is 4. The first-order chi connectivity index (χ1) is 33.1. The molecule has 2 heterocycles. The average molecular weight is 861 g/mol. The normalized spacial score (nSPS) is 12.7. The van der Waals surface area contributed by atoms with Crippen molar-refractivity contribution in [2.45, 2.75) is 19.3 Å². The van der Waals surface area contributed by atoms with Gasteiger partial charge in [-0.05, 0) is 108 Å². The maximum absolute atomic E-state index is 7.41. The number of aryl methyl sites for hydroxylation is 2. The molecule has 12 aromatic rings. The highest BCUT2D eigenvalue weighted by atomic mass is 16.3. The van der Waals surface area contributed by atoms with Crippen LogP contribution < -0.4 is 9.80 Å². The molecule has 4 heteroatoms. The molecule has 0 amide bonds. The van der Waals surface area contributed by atoms with Crippen LogP contribution in [-0.4, -0.2) is 0 Å². The number of fused-ring (bicyclic) bond motifs is 11. The van der Waals surface area contributed by atoms with Crippen LogP contribution in [0.1, 0.15) is 33.4 Å². The third kappa shape index (κ3) is 5.73. The van der Waals surface area contributed by atoms with Gasteiger partial charge in [0.25, 0.3) is 0 Å². The highest BCUT2D eigenvalue weighted by molar-refractivity contribution is 6.26. The Morgan fingerprint density at radius 1 is 0.343 bits per heavy atom. The summed E-state index contributed by atoms with van der Waals surface area (Å²) in [6, 6.07) is 82.9. The topological polar surface area (TPSA) is 32.8 Å². The maximum atomic E-state index is 7.41. The fraction of sp³-hybridized carbons (Fsp3) is 0.0476. The molecular weight excluding hydrogens is 817 g/mol. The van der Waals surface area contributed by atoms with E-state index in [4.69, 9.17) is 8.83 Å². The molecule has 0 radical (unpaired) electrons. The van der Waals surface area contributed by atoms with E-state index in [0.29, 0.717) is 0 Å². The van der Waals surface area contributed by atoms with Crippen molar-refractivity contribution in [2.24, 2.45) is 0 Å². The van der Waals surface area contributed by atoms with Gasteiger partial charge in [-0.3, -0.25) is 0 Å². The SMILES string of the molecule is Cc1ccccc1N(c1ccccc1)c1cc2c(c3c1oc1ccccc13)-c1c(cc(N(c3ccccc3)c3ccccc3C)c3c1oc1ccccc13)C2(c1ccccc1)c1ccccc1. The Kier molecular flexibility index (Phi) is 8.84. The van der Waals surface area contributed by atoms with Gasteiger partial charge in [0.15, 0.2) is 5.58 Å². The van der Waals surface area contributed by atoms with Crippen molar-refractivity contribution in [1.82, 2.24) is 0 Å². The number of anilines is 6. The van der Waals surface area contributed by atoms with Crippen LogP contribution in [-0.2, 0) is 5.41 Å². The minimum absolute atomic E-state index is 0.814. The monoisotopic (exact) mass is 860 g/mol. The van der Waals surface area contributed by atoms with Crippen molar-refractivity contribution in [3.05, 3.63) is 264 Å². The van der Waals surface area contributed by atoms with Crippen LogP contribution in [0.2, 0.25) is 0 Å². The second-order valence-corrected chi connectivity index (χ2v) is 17.6. The largest absolute Gasteiger partial charge is 0.455 e. The Hall–Kier alpha value is -8.60. The van der Waals surface area contributed by atoms with Crippen LogP contribution in [0.5, 0.6) is 0 Å². The Balaban J connectivity index is 1.28. The van der Waals surface area contributed by atoms with Crippen molar-refractivity contribution >= 4 is 78.0 Å². The zero-order chi connectivity index (χ0) is 44.6. The predicted octanol–water partition coefficient (Wildman–Crippen LogP) is 17.4. The Morgan fingerprint density at radius 3 is 1.28 bits per heavy atom. The van der Waals surface area contributed by atoms with Crippen molar-refractivity contribution in [2.75, 3.05) is 9.80 Å². The van der Waals surface area contributed by atoms with Gasteiger partial charge in [-0.2, -0.15) is 0 Å². The van der Waals surface area contributed by atoms with Crippen LogP contribution in [0.15, 0.2) is 239 Å². The number of furan rings is 2. The van der Waals surface area contributed by atoms with Gasteiger partial charge in [-0.15, -0.1) is 0 Å². The van der Waals surface area contributed by atoms with Crippen molar-refractivity contribution in [1.29, 1.82) is 0 Å². The molecule has 67 heavy (non-hydrogen) atoms. The zero-order valence-corrected chi connectivity index (χ0v) is 37.2. The van der Waals surface area contributed by atoms with E-state index in [1.807, 2.05) is 0 Å². The molecule has 0 saturated heterocycles. The van der Waals surface area contributed by atoms with Crippen LogP contribution >= 0.6 is 0 Å². The molecule has 10 aromatic carbocycles. The molecule has 0 saturated carbocycles. The molecule has 0 spiro atoms. The van der Waals surface area contributed by atoms with E-state index >= 15 is 0 Å². The van der Waals surface area contributed by atoms with Gasteiger partial charge in [0.1, 0.15) is 16.7 Å². The summed E-state index contributed by atoms with van der Waals surface area (Å²) < 4.78 is 14.7. The molecule has 1 aliphatic carbocycles. The van der Waals surface area contributed by atoms with E-state index in [0.717, 1.165) is 117 Å². The lowest BCUT2D eigenvalue weighted by Crippen LogP contribution is -2.29. The van der Waals surface area contributed by atoms with Crippen molar-refractivity contribution in [3.8, 4) is 11.1 Å². The molecule has 0 bridgehead atoms. The average Bonchev–Trinajstić information content (AvgIpc) is 4.06. The van der Waals surface area contributed by atoms with Gasteiger partial charge in [0.2, 0.25) is 0 Å². The molecule has 0 atom stereocenters. The standard InChI is InChI=1S/C63H44N2O2/c1-41-23-15-19-35-51(41)64(45-29-11-5-12-30-45)53-39-50-60(62-57(53)47-33-17-21-37-55(47)67-62)59-49(63(50,43-25-7-3-8-26-43)44-27-9-4-10-28-44)40-54(61-58(59)48-34-18-22-38-56(48)66-61)65(46-31-13-6-14-32-46)52-36-20-16-24-42(52)2/h3-40H,1-2H3. The van der Waals surface area contributed by atoms with Crippen LogP contribution in [0.3, 0.4) is 0 Å². The second kappa shape index (κ2) is 15.3. The molecule has 0 aliphatic heterocycles. The summed E-state index contributed by atoms with van der Waals surface area (Å²) in [7, 11) is 0. The molecule has 0 N–H and O–H groups in total. The van der Waals surface area contributed by atoms with Crippen LogP contribution in [0.4, 0.5) is 34.1 Å². The summed E-state index contributed by atoms with van der Waals surface area (Å²) in [6.07, 6.45) is 0. The number of para-hydroxylation sites is 6. The first kappa shape index (κ1) is 38.8. The summed E-state index contributed by atoms with van der Waals surface area (Å²) in [5, 5.41) is 4.22. The second-order valence-electron chi connectivity index (χ2n) is 17.6. The van der Waals surface area contributed by atoms with Gasteiger partial charge in [-0.1, -0.05) is 170 Å². The molecule has 0 fully saturated rings. The lowest BCUT2D eigenvalue weighted by molar-refractivity contribution is 0.668. The van der Waals surface area contributed by atoms with Crippen LogP contribution in [0.25, 0.3) is 55.0 Å². The lowest BCUT2D eigenvalue weighted by atomic mass is 9.67. The summed E-state index contributed by atoms with van der Waals surface area (Å²) in [5.74, 6) is 0. The van der Waals surface area contributed by atoms with Gasteiger partial charge in [0, 0.05) is 50.0 Å². The highest BCUT2D eigenvalue weighted by Gasteiger charge is 2.50. The summed E-state index contributed by atoms with van der Waals surface area (Å²) in [4.78, 5) is 4.83.